The van der Waals surface area contributed by atoms with Crippen molar-refractivity contribution in [2.75, 3.05) is 5.32 Å². The third-order valence-corrected chi connectivity index (χ3v) is 5.12. The summed E-state index contributed by atoms with van der Waals surface area (Å²) in [6.07, 6.45) is 15.6. The number of allylic oxidation sites excluding steroid dienone is 2. The Morgan fingerprint density at radius 3 is 2.88 bits per heavy atom. The fourth-order valence-electron chi connectivity index (χ4n) is 3.54. The number of amides is 2. The molecule has 4 rings (SSSR count). The Hall–Kier alpha value is -2.57. The van der Waals surface area contributed by atoms with Crippen molar-refractivity contribution in [1.29, 1.82) is 0 Å². The summed E-state index contributed by atoms with van der Waals surface area (Å²) in [6.45, 7) is 1.44. The van der Waals surface area contributed by atoms with Crippen molar-refractivity contribution in [3.63, 3.8) is 0 Å². The van der Waals surface area contributed by atoms with Gasteiger partial charge in [-0.1, -0.05) is 12.2 Å². The summed E-state index contributed by atoms with van der Waals surface area (Å²) in [6, 6.07) is 2.16. The molecule has 0 spiro atoms. The molecule has 7 nitrogen and oxygen atoms in total. The number of nitrogens with zero attached hydrogens (tertiary/aromatic N) is 5. The number of urea groups is 1. The highest BCUT2D eigenvalue weighted by Gasteiger charge is 2.33. The Labute approximate surface area is 153 Å². The first-order valence-corrected chi connectivity index (χ1v) is 9.41. The Kier molecular flexibility index (Phi) is 4.77. The standard InChI is InChI=1S/C19H26N6O/c1-23-12-16(11-21-23)13-24(17-7-8-17)19(26)22-18-9-10-20-25(18)14-15-5-3-2-4-6-15/h2-3,9-12,15,17H,4-8,13-14H2,1H3,(H,22,26). The van der Waals surface area contributed by atoms with Crippen LogP contribution >= 0.6 is 0 Å². The minimum atomic E-state index is -0.0540. The third-order valence-electron chi connectivity index (χ3n) is 5.12. The van der Waals surface area contributed by atoms with Crippen molar-refractivity contribution in [3.05, 3.63) is 42.4 Å². The van der Waals surface area contributed by atoms with Gasteiger partial charge < -0.3 is 4.90 Å². The number of hydrogen-bond acceptors (Lipinski definition) is 3. The van der Waals surface area contributed by atoms with Gasteiger partial charge in [0.05, 0.1) is 18.9 Å². The lowest BCUT2D eigenvalue weighted by Gasteiger charge is -2.23. The minimum Gasteiger partial charge on any atom is -0.317 e. The summed E-state index contributed by atoms with van der Waals surface area (Å²) in [5.74, 6) is 1.37. The van der Waals surface area contributed by atoms with E-state index in [0.717, 1.165) is 43.6 Å². The maximum atomic E-state index is 12.9. The molecule has 2 heterocycles. The number of hydrogen-bond donors (Lipinski definition) is 1. The molecule has 0 bridgehead atoms. The molecule has 1 fully saturated rings. The van der Waals surface area contributed by atoms with E-state index in [4.69, 9.17) is 0 Å². The molecule has 1 saturated carbocycles. The first-order chi connectivity index (χ1) is 12.7. The second kappa shape index (κ2) is 7.35. The smallest absolute Gasteiger partial charge is 0.317 e. The van der Waals surface area contributed by atoms with E-state index in [1.165, 1.54) is 6.42 Å². The largest absolute Gasteiger partial charge is 0.323 e. The molecule has 1 unspecified atom stereocenters. The van der Waals surface area contributed by atoms with Crippen molar-refractivity contribution in [1.82, 2.24) is 24.5 Å². The molecule has 2 aliphatic rings. The highest BCUT2D eigenvalue weighted by Crippen LogP contribution is 2.29. The predicted molar refractivity (Wildman–Crippen MR) is 99.5 cm³/mol. The van der Waals surface area contributed by atoms with E-state index in [9.17, 15) is 4.79 Å². The van der Waals surface area contributed by atoms with Gasteiger partial charge in [0.2, 0.25) is 0 Å². The van der Waals surface area contributed by atoms with Crippen LogP contribution in [0.1, 0.15) is 37.7 Å². The summed E-state index contributed by atoms with van der Waals surface area (Å²) in [4.78, 5) is 14.8. The summed E-state index contributed by atoms with van der Waals surface area (Å²) < 4.78 is 3.70. The van der Waals surface area contributed by atoms with Gasteiger partial charge in [-0.25, -0.2) is 9.48 Å². The second-order valence-corrected chi connectivity index (χ2v) is 7.36. The van der Waals surface area contributed by atoms with Gasteiger partial charge in [-0.15, -0.1) is 0 Å². The zero-order chi connectivity index (χ0) is 17.9. The number of nitrogens with one attached hydrogen (secondary N) is 1. The topological polar surface area (TPSA) is 68.0 Å². The van der Waals surface area contributed by atoms with Gasteiger partial charge in [0.15, 0.2) is 0 Å². The number of aryl methyl sites for hydroxylation is 1. The van der Waals surface area contributed by atoms with Gasteiger partial charge in [0, 0.05) is 37.5 Å². The molecule has 138 valence electrons. The van der Waals surface area contributed by atoms with E-state index in [0.29, 0.717) is 18.5 Å². The lowest BCUT2D eigenvalue weighted by atomic mass is 9.94. The number of aromatic nitrogens is 4. The molecule has 2 aliphatic carbocycles. The number of rotatable bonds is 6. The number of carbonyl (C=O) groups excluding carboxylic acids is 1. The van der Waals surface area contributed by atoms with Crippen LogP contribution in [-0.2, 0) is 20.1 Å². The highest BCUT2D eigenvalue weighted by atomic mass is 16.2. The predicted octanol–water partition coefficient (Wildman–Crippen LogP) is 3.17. The van der Waals surface area contributed by atoms with Crippen LogP contribution in [0.3, 0.4) is 0 Å². The van der Waals surface area contributed by atoms with Crippen LogP contribution < -0.4 is 5.32 Å². The van der Waals surface area contributed by atoms with Crippen LogP contribution in [0, 0.1) is 5.92 Å². The van der Waals surface area contributed by atoms with Crippen LogP contribution in [0.4, 0.5) is 10.6 Å². The molecule has 2 aromatic heterocycles. The maximum absolute atomic E-state index is 12.9. The zero-order valence-corrected chi connectivity index (χ0v) is 15.2. The second-order valence-electron chi connectivity index (χ2n) is 7.36. The molecule has 1 atom stereocenters. The average molecular weight is 354 g/mol. The average Bonchev–Trinajstić information content (AvgIpc) is 3.27. The van der Waals surface area contributed by atoms with Gasteiger partial charge in [-0.3, -0.25) is 10.00 Å². The van der Waals surface area contributed by atoms with Crippen molar-refractivity contribution >= 4 is 11.8 Å². The van der Waals surface area contributed by atoms with E-state index < -0.39 is 0 Å². The third kappa shape index (κ3) is 3.98. The van der Waals surface area contributed by atoms with Gasteiger partial charge in [-0.2, -0.15) is 10.2 Å². The van der Waals surface area contributed by atoms with E-state index in [2.05, 4.69) is 27.7 Å². The van der Waals surface area contributed by atoms with Crippen molar-refractivity contribution in [2.45, 2.75) is 51.2 Å². The van der Waals surface area contributed by atoms with E-state index >= 15 is 0 Å². The SMILES string of the molecule is Cn1cc(CN(C(=O)Nc2ccnn2CC2CC=CCC2)C2CC2)cn1. The number of anilines is 1. The summed E-state index contributed by atoms with van der Waals surface area (Å²) >= 11 is 0. The summed E-state index contributed by atoms with van der Waals surface area (Å²) in [5, 5.41) is 11.7. The number of carbonyl (C=O) groups is 1. The highest BCUT2D eigenvalue weighted by molar-refractivity contribution is 5.88. The Morgan fingerprint density at radius 2 is 2.19 bits per heavy atom. The van der Waals surface area contributed by atoms with Crippen LogP contribution in [0.15, 0.2) is 36.8 Å². The van der Waals surface area contributed by atoms with Gasteiger partial charge in [0.1, 0.15) is 5.82 Å². The molecule has 1 N–H and O–H groups in total. The molecule has 0 aliphatic heterocycles. The Balaban J connectivity index is 1.41. The molecule has 0 aromatic carbocycles. The Morgan fingerprint density at radius 1 is 1.31 bits per heavy atom. The molecule has 2 amide bonds. The van der Waals surface area contributed by atoms with Crippen LogP contribution in [0.25, 0.3) is 0 Å². The van der Waals surface area contributed by atoms with Crippen molar-refractivity contribution in [3.8, 4) is 0 Å². The fourth-order valence-corrected chi connectivity index (χ4v) is 3.54. The van der Waals surface area contributed by atoms with E-state index in [-0.39, 0.29) is 6.03 Å². The van der Waals surface area contributed by atoms with Crippen molar-refractivity contribution < 1.29 is 4.79 Å². The quantitative estimate of drug-likeness (QED) is 0.810. The zero-order valence-electron chi connectivity index (χ0n) is 15.2. The monoisotopic (exact) mass is 354 g/mol. The Bertz CT molecular complexity index is 788. The molecule has 7 heteroatoms. The van der Waals surface area contributed by atoms with Crippen molar-refractivity contribution in [2.24, 2.45) is 13.0 Å². The molecule has 26 heavy (non-hydrogen) atoms. The molecule has 0 saturated heterocycles. The van der Waals surface area contributed by atoms with Crippen LogP contribution in [-0.4, -0.2) is 36.5 Å². The summed E-state index contributed by atoms with van der Waals surface area (Å²) in [7, 11) is 1.89. The fraction of sp³-hybridized carbons (Fsp3) is 0.526. The first-order valence-electron chi connectivity index (χ1n) is 9.41. The van der Waals surface area contributed by atoms with Gasteiger partial charge >= 0.3 is 6.03 Å². The molecule has 0 radical (unpaired) electrons. The first kappa shape index (κ1) is 16.9. The molecular formula is C19H26N6O. The van der Waals surface area contributed by atoms with E-state index in [1.54, 1.807) is 10.9 Å². The van der Waals surface area contributed by atoms with Crippen LogP contribution in [0.5, 0.6) is 0 Å². The molecule has 2 aromatic rings. The van der Waals surface area contributed by atoms with Gasteiger partial charge in [-0.05, 0) is 38.0 Å². The van der Waals surface area contributed by atoms with Crippen LogP contribution in [0.2, 0.25) is 0 Å². The van der Waals surface area contributed by atoms with Gasteiger partial charge in [0.25, 0.3) is 0 Å². The lowest BCUT2D eigenvalue weighted by Crippen LogP contribution is -2.36. The molecular weight excluding hydrogens is 328 g/mol. The normalized spacial score (nSPS) is 19.5. The maximum Gasteiger partial charge on any atom is 0.323 e. The summed E-state index contributed by atoms with van der Waals surface area (Å²) in [5.41, 5.74) is 1.05. The van der Waals surface area contributed by atoms with E-state index in [1.807, 2.05) is 35.1 Å². The lowest BCUT2D eigenvalue weighted by molar-refractivity contribution is 0.206. The minimum absolute atomic E-state index is 0.0540.